The van der Waals surface area contributed by atoms with E-state index in [-0.39, 0.29) is 6.17 Å². The fraction of sp³-hybridized carbons (Fsp3) is 0.200. The molecule has 3 heterocycles. The Morgan fingerprint density at radius 1 is 1.30 bits per heavy atom. The highest BCUT2D eigenvalue weighted by atomic mass is 35.5. The first-order valence-electron chi connectivity index (χ1n) is 6.60. The Hall–Kier alpha value is -2.07. The monoisotopic (exact) mass is 284 g/mol. The van der Waals surface area contributed by atoms with Crippen molar-refractivity contribution >= 4 is 23.1 Å². The van der Waals surface area contributed by atoms with Crippen molar-refractivity contribution in [2.45, 2.75) is 6.17 Å². The maximum absolute atomic E-state index is 6.11. The predicted octanol–water partition coefficient (Wildman–Crippen LogP) is 2.92. The summed E-state index contributed by atoms with van der Waals surface area (Å²) in [6.07, 6.45) is 3.75. The third kappa shape index (κ3) is 1.76. The van der Waals surface area contributed by atoms with Crippen LogP contribution < -0.4 is 5.32 Å². The molecule has 1 N–H and O–H groups in total. The van der Waals surface area contributed by atoms with Crippen LogP contribution in [-0.2, 0) is 0 Å². The lowest BCUT2D eigenvalue weighted by atomic mass is 10.0. The van der Waals surface area contributed by atoms with Crippen LogP contribution in [0.25, 0.3) is 0 Å². The number of aliphatic imine (C=N–C) groups is 1. The van der Waals surface area contributed by atoms with E-state index >= 15 is 0 Å². The van der Waals surface area contributed by atoms with Gasteiger partial charge in [0.05, 0.1) is 6.54 Å². The van der Waals surface area contributed by atoms with E-state index in [0.717, 1.165) is 40.8 Å². The second kappa shape index (κ2) is 4.49. The second-order valence-corrected chi connectivity index (χ2v) is 5.36. The Bertz CT molecular complexity index is 684. The minimum atomic E-state index is 0.0657. The molecule has 4 rings (SSSR count). The minimum Gasteiger partial charge on any atom is -0.361 e. The molecule has 1 aromatic heterocycles. The van der Waals surface area contributed by atoms with Crippen LogP contribution >= 0.6 is 11.6 Å². The molecule has 0 saturated carbocycles. The lowest BCUT2D eigenvalue weighted by Crippen LogP contribution is -2.41. The molecule has 20 heavy (non-hydrogen) atoms. The van der Waals surface area contributed by atoms with E-state index < -0.39 is 0 Å². The van der Waals surface area contributed by atoms with Crippen LogP contribution in [0.1, 0.15) is 17.3 Å². The number of halogens is 1. The quantitative estimate of drug-likeness (QED) is 0.875. The zero-order valence-corrected chi connectivity index (χ0v) is 11.5. The van der Waals surface area contributed by atoms with E-state index in [1.807, 2.05) is 30.5 Å². The first kappa shape index (κ1) is 11.7. The van der Waals surface area contributed by atoms with Gasteiger partial charge in [-0.3, -0.25) is 9.98 Å². The normalized spacial score (nSPS) is 19.9. The standard InChI is InChI=1S/C15H13ClN4/c16-11-3-4-12-13(8-11)19-14(10-2-1-5-17-9-10)20-7-6-18-15(12)20/h1-5,8-9,14,19H,6-7H2. The van der Waals surface area contributed by atoms with Gasteiger partial charge in [0.1, 0.15) is 12.0 Å². The summed E-state index contributed by atoms with van der Waals surface area (Å²) < 4.78 is 0. The fourth-order valence-corrected chi connectivity index (χ4v) is 2.98. The van der Waals surface area contributed by atoms with E-state index in [1.54, 1.807) is 6.20 Å². The number of rotatable bonds is 1. The van der Waals surface area contributed by atoms with E-state index in [1.165, 1.54) is 0 Å². The average molecular weight is 285 g/mol. The lowest BCUT2D eigenvalue weighted by molar-refractivity contribution is 0.370. The Kier molecular flexibility index (Phi) is 2.63. The summed E-state index contributed by atoms with van der Waals surface area (Å²) in [6, 6.07) is 9.93. The number of nitrogens with one attached hydrogen (secondary N) is 1. The molecule has 0 radical (unpaired) electrons. The molecule has 2 aliphatic rings. The average Bonchev–Trinajstić information content (AvgIpc) is 2.96. The van der Waals surface area contributed by atoms with E-state index in [2.05, 4.69) is 26.3 Å². The Labute approximate surface area is 122 Å². The number of amidine groups is 1. The molecule has 1 unspecified atom stereocenters. The zero-order chi connectivity index (χ0) is 13.5. The minimum absolute atomic E-state index is 0.0657. The van der Waals surface area contributed by atoms with Crippen molar-refractivity contribution in [1.29, 1.82) is 0 Å². The van der Waals surface area contributed by atoms with Gasteiger partial charge >= 0.3 is 0 Å². The Morgan fingerprint density at radius 2 is 2.25 bits per heavy atom. The van der Waals surface area contributed by atoms with Crippen LogP contribution in [0.15, 0.2) is 47.7 Å². The first-order valence-corrected chi connectivity index (χ1v) is 6.98. The molecule has 2 aromatic rings. The SMILES string of the molecule is Clc1ccc2c(c1)NC(c1cccnc1)N1CCN=C21. The van der Waals surface area contributed by atoms with E-state index in [0.29, 0.717) is 0 Å². The van der Waals surface area contributed by atoms with Gasteiger partial charge in [-0.15, -0.1) is 0 Å². The zero-order valence-electron chi connectivity index (χ0n) is 10.8. The Morgan fingerprint density at radius 3 is 3.10 bits per heavy atom. The van der Waals surface area contributed by atoms with Crippen molar-refractivity contribution in [3.05, 3.63) is 58.9 Å². The van der Waals surface area contributed by atoms with Crippen molar-refractivity contribution in [3.8, 4) is 0 Å². The third-order valence-electron chi connectivity index (χ3n) is 3.70. The number of anilines is 1. The largest absolute Gasteiger partial charge is 0.361 e. The van der Waals surface area contributed by atoms with E-state index in [9.17, 15) is 0 Å². The van der Waals surface area contributed by atoms with Gasteiger partial charge in [-0.25, -0.2) is 0 Å². The third-order valence-corrected chi connectivity index (χ3v) is 3.94. The maximum atomic E-state index is 6.11. The van der Waals surface area contributed by atoms with Gasteiger partial charge in [-0.2, -0.15) is 0 Å². The van der Waals surface area contributed by atoms with Gasteiger partial charge in [0.25, 0.3) is 0 Å². The van der Waals surface area contributed by atoms with Crippen LogP contribution in [-0.4, -0.2) is 28.8 Å². The fourth-order valence-electron chi connectivity index (χ4n) is 2.81. The smallest absolute Gasteiger partial charge is 0.135 e. The summed E-state index contributed by atoms with van der Waals surface area (Å²) in [7, 11) is 0. The van der Waals surface area contributed by atoms with Crippen molar-refractivity contribution in [2.75, 3.05) is 18.4 Å². The number of benzene rings is 1. The second-order valence-electron chi connectivity index (χ2n) is 4.92. The van der Waals surface area contributed by atoms with Gasteiger partial charge < -0.3 is 10.2 Å². The molecule has 0 amide bonds. The number of aromatic nitrogens is 1. The highest BCUT2D eigenvalue weighted by Gasteiger charge is 2.33. The molecule has 0 saturated heterocycles. The van der Waals surface area contributed by atoms with Gasteiger partial charge in [0, 0.05) is 40.8 Å². The topological polar surface area (TPSA) is 40.5 Å². The lowest BCUT2D eigenvalue weighted by Gasteiger charge is -2.37. The van der Waals surface area contributed by atoms with Crippen molar-refractivity contribution in [3.63, 3.8) is 0 Å². The van der Waals surface area contributed by atoms with Crippen LogP contribution in [0.5, 0.6) is 0 Å². The Balaban J connectivity index is 1.83. The number of fused-ring (bicyclic) bond motifs is 3. The highest BCUT2D eigenvalue weighted by Crippen LogP contribution is 2.36. The van der Waals surface area contributed by atoms with Crippen molar-refractivity contribution in [1.82, 2.24) is 9.88 Å². The summed E-state index contributed by atoms with van der Waals surface area (Å²) in [5.41, 5.74) is 3.28. The summed E-state index contributed by atoms with van der Waals surface area (Å²) >= 11 is 6.11. The number of nitrogens with zero attached hydrogens (tertiary/aromatic N) is 3. The summed E-state index contributed by atoms with van der Waals surface area (Å²) in [6.45, 7) is 1.75. The van der Waals surface area contributed by atoms with Crippen molar-refractivity contribution < 1.29 is 0 Å². The number of hydrogen-bond acceptors (Lipinski definition) is 4. The van der Waals surface area contributed by atoms with Crippen LogP contribution in [0.2, 0.25) is 5.02 Å². The molecule has 5 heteroatoms. The summed E-state index contributed by atoms with van der Waals surface area (Å²) in [5.74, 6) is 1.05. The highest BCUT2D eigenvalue weighted by molar-refractivity contribution is 6.31. The first-order chi connectivity index (χ1) is 9.83. The molecule has 2 aliphatic heterocycles. The number of pyridine rings is 1. The molecule has 1 aromatic carbocycles. The maximum Gasteiger partial charge on any atom is 0.135 e. The van der Waals surface area contributed by atoms with Crippen molar-refractivity contribution in [2.24, 2.45) is 4.99 Å². The molecular weight excluding hydrogens is 272 g/mol. The van der Waals surface area contributed by atoms with Crippen LogP contribution in [0.3, 0.4) is 0 Å². The van der Waals surface area contributed by atoms with Gasteiger partial charge in [0.2, 0.25) is 0 Å². The molecule has 0 fully saturated rings. The van der Waals surface area contributed by atoms with E-state index in [4.69, 9.17) is 11.6 Å². The molecule has 0 spiro atoms. The molecular formula is C15H13ClN4. The predicted molar refractivity (Wildman–Crippen MR) is 80.2 cm³/mol. The molecule has 0 aliphatic carbocycles. The number of hydrogen-bond donors (Lipinski definition) is 1. The van der Waals surface area contributed by atoms with Gasteiger partial charge in [0.15, 0.2) is 0 Å². The molecule has 1 atom stereocenters. The van der Waals surface area contributed by atoms with Gasteiger partial charge in [-0.1, -0.05) is 17.7 Å². The summed E-state index contributed by atoms with van der Waals surface area (Å²) in [5, 5.41) is 4.28. The van der Waals surface area contributed by atoms with Gasteiger partial charge in [-0.05, 0) is 24.3 Å². The molecule has 0 bridgehead atoms. The molecule has 100 valence electrons. The van der Waals surface area contributed by atoms with Crippen LogP contribution in [0, 0.1) is 0 Å². The van der Waals surface area contributed by atoms with Crippen LogP contribution in [0.4, 0.5) is 5.69 Å². The summed E-state index contributed by atoms with van der Waals surface area (Å²) in [4.78, 5) is 11.1. The molecule has 4 nitrogen and oxygen atoms in total.